The third kappa shape index (κ3) is 15.8. The zero-order chi connectivity index (χ0) is 21.3. The van der Waals surface area contributed by atoms with Gasteiger partial charge in [-0.3, -0.25) is 9.59 Å². The molecule has 0 rings (SSSR count). The van der Waals surface area contributed by atoms with Gasteiger partial charge in [-0.1, -0.05) is 79.6 Å². The Balaban J connectivity index is 3.70. The summed E-state index contributed by atoms with van der Waals surface area (Å²) in [4.78, 5) is 22.8. The van der Waals surface area contributed by atoms with Gasteiger partial charge in [0, 0.05) is 11.8 Å². The highest BCUT2D eigenvalue weighted by molar-refractivity contribution is 9.09. The van der Waals surface area contributed by atoms with Crippen LogP contribution in [0.1, 0.15) is 77.6 Å². The lowest BCUT2D eigenvalue weighted by atomic mass is 10.1. The first-order valence-electron chi connectivity index (χ1n) is 9.74. The molecule has 8 heteroatoms. The summed E-state index contributed by atoms with van der Waals surface area (Å²) in [5.74, 6) is 3.85. The molecule has 0 aliphatic heterocycles. The van der Waals surface area contributed by atoms with E-state index in [9.17, 15) is 22.8 Å². The SMILES string of the molecule is CCCCCCCCCCC#CCOC(=O)CCC(=O)OC(CBr)C(F)(F)F. The van der Waals surface area contributed by atoms with Gasteiger partial charge < -0.3 is 9.47 Å². The van der Waals surface area contributed by atoms with Crippen LogP contribution in [0.15, 0.2) is 0 Å². The van der Waals surface area contributed by atoms with Crippen molar-refractivity contribution in [3.63, 3.8) is 0 Å². The van der Waals surface area contributed by atoms with Gasteiger partial charge in [-0.2, -0.15) is 13.2 Å². The highest BCUT2D eigenvalue weighted by Crippen LogP contribution is 2.24. The van der Waals surface area contributed by atoms with E-state index in [0.29, 0.717) is 0 Å². The van der Waals surface area contributed by atoms with E-state index in [1.54, 1.807) is 0 Å². The van der Waals surface area contributed by atoms with Crippen LogP contribution in [0.5, 0.6) is 0 Å². The number of hydrogen-bond acceptors (Lipinski definition) is 4. The monoisotopic (exact) mass is 470 g/mol. The molecule has 0 saturated carbocycles. The van der Waals surface area contributed by atoms with Crippen LogP contribution >= 0.6 is 15.9 Å². The van der Waals surface area contributed by atoms with Gasteiger partial charge in [0.05, 0.1) is 12.8 Å². The van der Waals surface area contributed by atoms with E-state index in [-0.39, 0.29) is 13.0 Å². The van der Waals surface area contributed by atoms with Crippen molar-refractivity contribution in [3.05, 3.63) is 0 Å². The van der Waals surface area contributed by atoms with Gasteiger partial charge in [-0.05, 0) is 6.42 Å². The molecular weight excluding hydrogens is 441 g/mol. The first-order valence-corrected chi connectivity index (χ1v) is 10.9. The van der Waals surface area contributed by atoms with Crippen LogP contribution in [-0.2, 0) is 19.1 Å². The van der Waals surface area contributed by atoms with E-state index in [2.05, 4.69) is 39.4 Å². The molecule has 28 heavy (non-hydrogen) atoms. The molecule has 4 nitrogen and oxygen atoms in total. The van der Waals surface area contributed by atoms with Gasteiger partial charge >= 0.3 is 18.1 Å². The van der Waals surface area contributed by atoms with Crippen LogP contribution in [0.4, 0.5) is 13.2 Å². The minimum Gasteiger partial charge on any atom is -0.452 e. The lowest BCUT2D eigenvalue weighted by Gasteiger charge is -2.18. The van der Waals surface area contributed by atoms with E-state index in [1.165, 1.54) is 38.5 Å². The van der Waals surface area contributed by atoms with Gasteiger partial charge in [0.15, 0.2) is 6.61 Å². The number of alkyl halides is 4. The lowest BCUT2D eigenvalue weighted by Crippen LogP contribution is -2.35. The molecule has 0 saturated heterocycles. The zero-order valence-corrected chi connectivity index (χ0v) is 18.0. The number of carbonyl (C=O) groups is 2. The van der Waals surface area contributed by atoms with Gasteiger partial charge in [0.1, 0.15) is 0 Å². The second-order valence-corrected chi connectivity index (χ2v) is 7.06. The number of esters is 2. The molecule has 0 fully saturated rings. The molecule has 0 aromatic rings. The topological polar surface area (TPSA) is 52.6 Å². The molecule has 0 amide bonds. The van der Waals surface area contributed by atoms with E-state index in [4.69, 9.17) is 4.74 Å². The quantitative estimate of drug-likeness (QED) is 0.141. The summed E-state index contributed by atoms with van der Waals surface area (Å²) in [6.45, 7) is 2.11. The van der Waals surface area contributed by atoms with Crippen molar-refractivity contribution in [2.45, 2.75) is 89.8 Å². The van der Waals surface area contributed by atoms with Crippen LogP contribution in [-0.4, -0.2) is 36.2 Å². The summed E-state index contributed by atoms with van der Waals surface area (Å²) in [6, 6.07) is 0. The van der Waals surface area contributed by atoms with E-state index in [1.807, 2.05) is 0 Å². The fraction of sp³-hybridized carbons (Fsp3) is 0.800. The largest absolute Gasteiger partial charge is 0.452 e. The van der Waals surface area contributed by atoms with Crippen molar-refractivity contribution in [2.75, 3.05) is 11.9 Å². The van der Waals surface area contributed by atoms with E-state index >= 15 is 0 Å². The molecular formula is C20H30BrF3O4. The lowest BCUT2D eigenvalue weighted by molar-refractivity contribution is -0.214. The maximum absolute atomic E-state index is 12.5. The second kappa shape index (κ2) is 16.7. The van der Waals surface area contributed by atoms with Crippen molar-refractivity contribution in [1.82, 2.24) is 0 Å². The standard InChI is InChI=1S/C20H30BrF3O4/c1-2-3-4-5-6-7-8-9-10-11-12-15-27-18(25)13-14-19(26)28-17(16-21)20(22,23)24/h17H,2-10,13-16H2,1H3. The number of ether oxygens (including phenoxy) is 2. The normalized spacial score (nSPS) is 12.0. The Labute approximate surface area is 174 Å². The predicted octanol–water partition coefficient (Wildman–Crippen LogP) is 5.71. The molecule has 1 atom stereocenters. The highest BCUT2D eigenvalue weighted by atomic mass is 79.9. The Kier molecular flexibility index (Phi) is 16.0. The Morgan fingerprint density at radius 1 is 0.929 bits per heavy atom. The second-order valence-electron chi connectivity index (χ2n) is 6.41. The Hall–Kier alpha value is -1.23. The minimum atomic E-state index is -4.65. The number of rotatable bonds is 14. The first kappa shape index (κ1) is 26.8. The molecule has 0 aliphatic carbocycles. The maximum Gasteiger partial charge on any atom is 0.426 e. The summed E-state index contributed by atoms with van der Waals surface area (Å²) < 4.78 is 46.5. The summed E-state index contributed by atoms with van der Waals surface area (Å²) in [6.07, 6.45) is 2.81. The number of carbonyl (C=O) groups excluding carboxylic acids is 2. The number of unbranched alkanes of at least 4 members (excludes halogenated alkanes) is 8. The summed E-state index contributed by atoms with van der Waals surface area (Å²) in [5, 5.41) is -0.554. The molecule has 0 heterocycles. The molecule has 0 N–H and O–H groups in total. The van der Waals surface area contributed by atoms with E-state index in [0.717, 1.165) is 19.3 Å². The third-order valence-electron chi connectivity index (χ3n) is 3.90. The average Bonchev–Trinajstić information content (AvgIpc) is 2.64. The van der Waals surface area contributed by atoms with Crippen molar-refractivity contribution >= 4 is 27.9 Å². The summed E-state index contributed by atoms with van der Waals surface area (Å²) in [5.41, 5.74) is 0. The fourth-order valence-corrected chi connectivity index (χ4v) is 2.78. The number of hydrogen-bond donors (Lipinski definition) is 0. The Bertz CT molecular complexity index is 498. The van der Waals surface area contributed by atoms with Crippen molar-refractivity contribution in [2.24, 2.45) is 0 Å². The van der Waals surface area contributed by atoms with Crippen LogP contribution in [0.25, 0.3) is 0 Å². The van der Waals surface area contributed by atoms with Crippen molar-refractivity contribution in [3.8, 4) is 11.8 Å². The van der Waals surface area contributed by atoms with Crippen molar-refractivity contribution in [1.29, 1.82) is 0 Å². The van der Waals surface area contributed by atoms with Crippen LogP contribution < -0.4 is 0 Å². The smallest absolute Gasteiger partial charge is 0.426 e. The molecule has 1 unspecified atom stereocenters. The first-order chi connectivity index (χ1) is 13.3. The fourth-order valence-electron chi connectivity index (χ4n) is 2.28. The van der Waals surface area contributed by atoms with Crippen LogP contribution in [0.3, 0.4) is 0 Å². The molecule has 0 aliphatic rings. The summed E-state index contributed by atoms with van der Waals surface area (Å²) >= 11 is 2.64. The molecule has 0 radical (unpaired) electrons. The van der Waals surface area contributed by atoms with Crippen LogP contribution in [0, 0.1) is 11.8 Å². The molecule has 0 spiro atoms. The number of halogens is 4. The predicted molar refractivity (Wildman–Crippen MR) is 105 cm³/mol. The van der Waals surface area contributed by atoms with Gasteiger partial charge in [0.2, 0.25) is 6.10 Å². The molecule has 0 aromatic carbocycles. The summed E-state index contributed by atoms with van der Waals surface area (Å²) in [7, 11) is 0. The van der Waals surface area contributed by atoms with Crippen LogP contribution in [0.2, 0.25) is 0 Å². The average molecular weight is 471 g/mol. The third-order valence-corrected chi connectivity index (χ3v) is 4.49. The minimum absolute atomic E-state index is 0.0858. The molecule has 162 valence electrons. The van der Waals surface area contributed by atoms with Crippen molar-refractivity contribution < 1.29 is 32.2 Å². The molecule has 0 aromatic heterocycles. The Morgan fingerprint density at radius 3 is 2.07 bits per heavy atom. The van der Waals surface area contributed by atoms with E-state index < -0.39 is 36.0 Å². The Morgan fingerprint density at radius 2 is 1.50 bits per heavy atom. The van der Waals surface area contributed by atoms with Gasteiger partial charge in [-0.15, -0.1) is 0 Å². The van der Waals surface area contributed by atoms with Gasteiger partial charge in [-0.25, -0.2) is 0 Å². The maximum atomic E-state index is 12.5. The zero-order valence-electron chi connectivity index (χ0n) is 16.4. The molecule has 0 bridgehead atoms. The van der Waals surface area contributed by atoms with Gasteiger partial charge in [0.25, 0.3) is 0 Å². The highest BCUT2D eigenvalue weighted by Gasteiger charge is 2.42.